The van der Waals surface area contributed by atoms with E-state index >= 15 is 0 Å². The van der Waals surface area contributed by atoms with Gasteiger partial charge in [-0.05, 0) is 83.9 Å². The number of alkyl halides is 1. The average molecular weight is 587 g/mol. The van der Waals surface area contributed by atoms with Gasteiger partial charge >= 0.3 is 0 Å². The van der Waals surface area contributed by atoms with Crippen molar-refractivity contribution in [1.82, 2.24) is 0 Å². The largest absolute Gasteiger partial charge is 0.393 e. The van der Waals surface area contributed by atoms with Crippen LogP contribution in [0.1, 0.15) is 93.4 Å². The van der Waals surface area contributed by atoms with Crippen LogP contribution in [0.2, 0.25) is 0 Å². The van der Waals surface area contributed by atoms with E-state index in [0.29, 0.717) is 18.3 Å². The van der Waals surface area contributed by atoms with Crippen LogP contribution in [0.4, 0.5) is 0 Å². The molecule has 0 radical (unpaired) electrons. The molecule has 4 nitrogen and oxygen atoms in total. The summed E-state index contributed by atoms with van der Waals surface area (Å²) in [6, 6.07) is 0. The number of hydrogen-bond acceptors (Lipinski definition) is 4. The van der Waals surface area contributed by atoms with Crippen LogP contribution >= 0.6 is 22.6 Å². The van der Waals surface area contributed by atoms with E-state index < -0.39 is 27.1 Å². The molecular formula is C29H47IO4. The van der Waals surface area contributed by atoms with Gasteiger partial charge in [-0.1, -0.05) is 82.7 Å². The van der Waals surface area contributed by atoms with Crippen LogP contribution in [0.15, 0.2) is 11.6 Å². The SMILES string of the molecule is CC1(C)CC2C3=CCC4[C@@]5(C)CC[C@H](O)C(C)(C)C5CC[C@@]4(C)[C@]3(C)C[C@@H](O)[C@@]2(I)[C@@H](O)[C@@H]1O. The maximum Gasteiger partial charge on any atom is 0.0980 e. The van der Waals surface area contributed by atoms with Crippen molar-refractivity contribution in [3.8, 4) is 0 Å². The van der Waals surface area contributed by atoms with Crippen molar-refractivity contribution in [2.45, 2.75) is 121 Å². The van der Waals surface area contributed by atoms with Crippen LogP contribution in [-0.4, -0.2) is 48.3 Å². The lowest BCUT2D eigenvalue weighted by Crippen LogP contribution is -2.71. The third kappa shape index (κ3) is 2.91. The first-order chi connectivity index (χ1) is 15.5. The van der Waals surface area contributed by atoms with E-state index in [0.717, 1.165) is 38.5 Å². The molecule has 34 heavy (non-hydrogen) atoms. The highest BCUT2D eigenvalue weighted by atomic mass is 127. The van der Waals surface area contributed by atoms with Gasteiger partial charge in [0.2, 0.25) is 0 Å². The van der Waals surface area contributed by atoms with Gasteiger partial charge in [0.05, 0.1) is 27.8 Å². The third-order valence-corrected chi connectivity index (χ3v) is 14.9. The molecular weight excluding hydrogens is 539 g/mol. The molecule has 0 aliphatic heterocycles. The number of hydrogen-bond donors (Lipinski definition) is 4. The maximum atomic E-state index is 11.7. The summed E-state index contributed by atoms with van der Waals surface area (Å²) in [7, 11) is 0. The number of rotatable bonds is 0. The molecule has 5 heteroatoms. The van der Waals surface area contributed by atoms with Gasteiger partial charge in [-0.25, -0.2) is 0 Å². The number of allylic oxidation sites excluding steroid dienone is 2. The molecule has 0 aromatic rings. The average Bonchev–Trinajstić information content (AvgIpc) is 2.73. The zero-order chi connectivity index (χ0) is 25.3. The molecule has 0 bridgehead atoms. The minimum atomic E-state index is -0.943. The van der Waals surface area contributed by atoms with Crippen LogP contribution in [-0.2, 0) is 0 Å². The first-order valence-electron chi connectivity index (χ1n) is 13.6. The van der Waals surface area contributed by atoms with Crippen LogP contribution in [0.25, 0.3) is 0 Å². The van der Waals surface area contributed by atoms with Gasteiger partial charge in [-0.3, -0.25) is 0 Å². The van der Waals surface area contributed by atoms with Crippen molar-refractivity contribution in [2.24, 2.45) is 44.8 Å². The Hall–Kier alpha value is 0.310. The normalized spacial score (nSPS) is 58.0. The Morgan fingerprint density at radius 1 is 0.794 bits per heavy atom. The summed E-state index contributed by atoms with van der Waals surface area (Å²) in [5.74, 6) is 1.08. The highest BCUT2D eigenvalue weighted by Gasteiger charge is 2.71. The van der Waals surface area contributed by atoms with Crippen molar-refractivity contribution in [3.63, 3.8) is 0 Å². The van der Waals surface area contributed by atoms with E-state index in [1.54, 1.807) is 0 Å². The van der Waals surface area contributed by atoms with Crippen LogP contribution in [0.5, 0.6) is 0 Å². The summed E-state index contributed by atoms with van der Waals surface area (Å²) < 4.78 is -0.751. The van der Waals surface area contributed by atoms with Gasteiger partial charge in [0.25, 0.3) is 0 Å². The van der Waals surface area contributed by atoms with E-state index in [-0.39, 0.29) is 33.7 Å². The molecule has 0 spiro atoms. The molecule has 4 saturated carbocycles. The summed E-state index contributed by atoms with van der Waals surface area (Å²) >= 11 is 2.31. The molecule has 11 atom stereocenters. The third-order valence-electron chi connectivity index (χ3n) is 12.8. The fourth-order valence-corrected chi connectivity index (χ4v) is 11.5. The minimum Gasteiger partial charge on any atom is -0.393 e. The second kappa shape index (κ2) is 7.45. The number of halogens is 1. The number of aliphatic hydroxyl groups excluding tert-OH is 4. The Labute approximate surface area is 220 Å². The van der Waals surface area contributed by atoms with Crippen molar-refractivity contribution >= 4 is 22.6 Å². The van der Waals surface area contributed by atoms with Crippen molar-refractivity contribution in [3.05, 3.63) is 11.6 Å². The van der Waals surface area contributed by atoms with E-state index in [1.165, 1.54) is 5.57 Å². The Morgan fingerprint density at radius 2 is 1.44 bits per heavy atom. The van der Waals surface area contributed by atoms with Gasteiger partial charge in [0.15, 0.2) is 0 Å². The molecule has 4 fully saturated rings. The Bertz CT molecular complexity index is 899. The van der Waals surface area contributed by atoms with Crippen LogP contribution in [0, 0.1) is 44.8 Å². The summed E-state index contributed by atoms with van der Waals surface area (Å²) in [5.41, 5.74) is 1.05. The summed E-state index contributed by atoms with van der Waals surface area (Å²) in [5, 5.41) is 44.9. The predicted octanol–water partition coefficient (Wildman–Crippen LogP) is 5.25. The minimum absolute atomic E-state index is 0.0585. The predicted molar refractivity (Wildman–Crippen MR) is 144 cm³/mol. The molecule has 0 aromatic carbocycles. The van der Waals surface area contributed by atoms with Gasteiger partial charge in [-0.2, -0.15) is 0 Å². The lowest BCUT2D eigenvalue weighted by atomic mass is 9.34. The van der Waals surface area contributed by atoms with E-state index in [1.807, 2.05) is 0 Å². The molecule has 3 unspecified atom stereocenters. The standard InChI is InChI=1S/C29H47IO4/c1-24(2)14-17-16-8-9-19-26(5)12-11-20(31)25(3,4)18(26)10-13-27(19,6)28(16,7)15-21(32)29(17,30)23(34)22(24)33/h8,17-23,31-34H,9-15H2,1-7H3/t17?,18?,19?,20-,21+,22-,23-,26-,27+,28+,29+/m0/s1. The number of fused-ring (bicyclic) bond motifs is 7. The summed E-state index contributed by atoms with van der Waals surface area (Å²) in [6.07, 6.45) is 6.49. The van der Waals surface area contributed by atoms with E-state index in [2.05, 4.69) is 77.1 Å². The van der Waals surface area contributed by atoms with Crippen molar-refractivity contribution < 1.29 is 20.4 Å². The molecule has 0 saturated heterocycles. The number of aliphatic hydroxyl groups is 4. The molecule has 5 rings (SSSR count). The van der Waals surface area contributed by atoms with E-state index in [9.17, 15) is 20.4 Å². The smallest absolute Gasteiger partial charge is 0.0980 e. The van der Waals surface area contributed by atoms with Gasteiger partial charge < -0.3 is 20.4 Å². The molecule has 0 heterocycles. The van der Waals surface area contributed by atoms with Crippen LogP contribution < -0.4 is 0 Å². The lowest BCUT2D eigenvalue weighted by Gasteiger charge is -2.72. The lowest BCUT2D eigenvalue weighted by molar-refractivity contribution is -0.212. The molecule has 0 amide bonds. The topological polar surface area (TPSA) is 80.9 Å². The Balaban J connectivity index is 1.62. The van der Waals surface area contributed by atoms with Gasteiger partial charge in [0.1, 0.15) is 0 Å². The quantitative estimate of drug-likeness (QED) is 0.178. The second-order valence-corrected chi connectivity index (χ2v) is 16.7. The van der Waals surface area contributed by atoms with E-state index in [4.69, 9.17) is 0 Å². The Morgan fingerprint density at radius 3 is 2.09 bits per heavy atom. The second-order valence-electron chi connectivity index (χ2n) is 14.9. The van der Waals surface area contributed by atoms with Crippen molar-refractivity contribution in [2.75, 3.05) is 0 Å². The fourth-order valence-electron chi connectivity index (χ4n) is 10.4. The zero-order valence-electron chi connectivity index (χ0n) is 22.2. The Kier molecular flexibility index (Phi) is 5.69. The molecule has 194 valence electrons. The highest BCUT2D eigenvalue weighted by Crippen LogP contribution is 2.75. The molecule has 4 N–H and O–H groups in total. The van der Waals surface area contributed by atoms with Gasteiger partial charge in [-0.15, -0.1) is 0 Å². The first kappa shape index (κ1) is 25.9. The van der Waals surface area contributed by atoms with Gasteiger partial charge in [0, 0.05) is 5.92 Å². The van der Waals surface area contributed by atoms with Crippen LogP contribution in [0.3, 0.4) is 0 Å². The van der Waals surface area contributed by atoms with Crippen molar-refractivity contribution in [1.29, 1.82) is 0 Å². The molecule has 5 aliphatic carbocycles. The fraction of sp³-hybridized carbons (Fsp3) is 0.931. The highest BCUT2D eigenvalue weighted by molar-refractivity contribution is 14.1. The maximum absolute atomic E-state index is 11.7. The molecule has 0 aromatic heterocycles. The summed E-state index contributed by atoms with van der Waals surface area (Å²) in [6.45, 7) is 16.1. The zero-order valence-corrected chi connectivity index (χ0v) is 24.4. The first-order valence-corrected chi connectivity index (χ1v) is 14.7. The molecule has 5 aliphatic rings. The monoisotopic (exact) mass is 586 g/mol. The summed E-state index contributed by atoms with van der Waals surface area (Å²) in [4.78, 5) is 0.